The van der Waals surface area contributed by atoms with Gasteiger partial charge in [-0.3, -0.25) is 4.79 Å². The molecule has 0 aromatic heterocycles. The number of hydrazine groups is 1. The predicted octanol–water partition coefficient (Wildman–Crippen LogP) is 5.49. The molecule has 3 aromatic rings. The minimum atomic E-state index is -0.795. The Labute approximate surface area is 192 Å². The van der Waals surface area contributed by atoms with Crippen molar-refractivity contribution in [3.63, 3.8) is 0 Å². The molecular formula is C25H27N3O5. The number of nitrogens with zero attached hydrogens (tertiary/aromatic N) is 1. The third kappa shape index (κ3) is 6.00. The first-order chi connectivity index (χ1) is 15.8. The Kier molecular flexibility index (Phi) is 7.50. The topological polar surface area (TPSA) is 97.0 Å². The number of ether oxygens (including phenoxy) is 2. The van der Waals surface area contributed by atoms with Crippen molar-refractivity contribution < 1.29 is 23.9 Å². The minimum absolute atomic E-state index is 0.261. The van der Waals surface area contributed by atoms with Crippen molar-refractivity contribution in [2.24, 2.45) is 0 Å². The monoisotopic (exact) mass is 449 g/mol. The zero-order valence-corrected chi connectivity index (χ0v) is 19.0. The smallest absolute Gasteiger partial charge is 0.433 e. The fraction of sp³-hybridized carbons (Fsp3) is 0.240. The highest BCUT2D eigenvalue weighted by Crippen LogP contribution is 2.32. The fourth-order valence-corrected chi connectivity index (χ4v) is 3.16. The van der Waals surface area contributed by atoms with E-state index < -0.39 is 18.3 Å². The first-order valence-electron chi connectivity index (χ1n) is 10.6. The van der Waals surface area contributed by atoms with Gasteiger partial charge in [0.2, 0.25) is 0 Å². The van der Waals surface area contributed by atoms with Crippen LogP contribution in [0.5, 0.6) is 0 Å². The molecule has 8 heteroatoms. The molecule has 0 heterocycles. The number of fused-ring (bicyclic) bond motifs is 1. The van der Waals surface area contributed by atoms with E-state index in [4.69, 9.17) is 9.47 Å². The van der Waals surface area contributed by atoms with Crippen LogP contribution in [0.2, 0.25) is 0 Å². The van der Waals surface area contributed by atoms with Gasteiger partial charge in [0.15, 0.2) is 0 Å². The quantitative estimate of drug-likeness (QED) is 0.502. The maximum Gasteiger partial charge on any atom is 0.433 e. The van der Waals surface area contributed by atoms with Gasteiger partial charge in [-0.05, 0) is 52.0 Å². The summed E-state index contributed by atoms with van der Waals surface area (Å²) in [6, 6.07) is 19.4. The molecule has 0 fully saturated rings. The van der Waals surface area contributed by atoms with E-state index in [0.717, 1.165) is 5.01 Å². The molecule has 3 aromatic carbocycles. The summed E-state index contributed by atoms with van der Waals surface area (Å²) in [5.41, 5.74) is 3.91. The van der Waals surface area contributed by atoms with Crippen LogP contribution in [-0.4, -0.2) is 30.3 Å². The lowest BCUT2D eigenvalue weighted by Crippen LogP contribution is -2.48. The van der Waals surface area contributed by atoms with Crippen LogP contribution in [0.15, 0.2) is 66.7 Å². The van der Waals surface area contributed by atoms with E-state index in [9.17, 15) is 14.4 Å². The second-order valence-electron chi connectivity index (χ2n) is 7.83. The molecule has 8 nitrogen and oxygen atoms in total. The van der Waals surface area contributed by atoms with Crippen LogP contribution in [0, 0.1) is 0 Å². The van der Waals surface area contributed by atoms with E-state index in [0.29, 0.717) is 27.7 Å². The van der Waals surface area contributed by atoms with Crippen LogP contribution < -0.4 is 15.8 Å². The lowest BCUT2D eigenvalue weighted by molar-refractivity contribution is 0.102. The second kappa shape index (κ2) is 10.5. The van der Waals surface area contributed by atoms with Crippen molar-refractivity contribution in [1.29, 1.82) is 0 Å². The minimum Gasteiger partial charge on any atom is -0.446 e. The molecule has 0 unspecified atom stereocenters. The number of rotatable bonds is 5. The van der Waals surface area contributed by atoms with Crippen LogP contribution in [0.1, 0.15) is 38.1 Å². The highest BCUT2D eigenvalue weighted by atomic mass is 16.6. The molecule has 0 aliphatic carbocycles. The molecular weight excluding hydrogens is 422 g/mol. The summed E-state index contributed by atoms with van der Waals surface area (Å²) < 4.78 is 10.5. The Balaban J connectivity index is 2.01. The lowest BCUT2D eigenvalue weighted by Gasteiger charge is -2.25. The lowest BCUT2D eigenvalue weighted by atomic mass is 10.1. The van der Waals surface area contributed by atoms with E-state index >= 15 is 0 Å². The standard InChI is InChI=1S/C25H27N3O5/c1-16(2)32-24(30)27-28(25(31)33-17(3)4)22-15-14-21(19-12-8-9-13-20(19)22)26-23(29)18-10-6-5-7-11-18/h5-17H,1-4H3,(H,26,29)(H,27,30). The second-order valence-corrected chi connectivity index (χ2v) is 7.83. The third-order valence-corrected chi connectivity index (χ3v) is 4.49. The zero-order valence-electron chi connectivity index (χ0n) is 19.0. The van der Waals surface area contributed by atoms with E-state index in [-0.39, 0.29) is 12.0 Å². The van der Waals surface area contributed by atoms with E-state index in [1.54, 1.807) is 76.2 Å². The highest BCUT2D eigenvalue weighted by Gasteiger charge is 2.25. The molecule has 0 spiro atoms. The van der Waals surface area contributed by atoms with Gasteiger partial charge >= 0.3 is 12.2 Å². The van der Waals surface area contributed by atoms with Crippen LogP contribution in [0.25, 0.3) is 10.8 Å². The summed E-state index contributed by atoms with van der Waals surface area (Å²) in [6.07, 6.45) is -2.34. The molecule has 2 N–H and O–H groups in total. The maximum absolute atomic E-state index is 12.8. The largest absolute Gasteiger partial charge is 0.446 e. The normalized spacial score (nSPS) is 10.7. The van der Waals surface area contributed by atoms with Gasteiger partial charge in [-0.2, -0.15) is 5.01 Å². The molecule has 33 heavy (non-hydrogen) atoms. The van der Waals surface area contributed by atoms with Crippen LogP contribution in [0.3, 0.4) is 0 Å². The Bertz CT molecular complexity index is 1150. The van der Waals surface area contributed by atoms with E-state index in [1.807, 2.05) is 18.2 Å². The van der Waals surface area contributed by atoms with Crippen molar-refractivity contribution in [3.05, 3.63) is 72.3 Å². The van der Waals surface area contributed by atoms with Crippen molar-refractivity contribution in [2.75, 3.05) is 10.3 Å². The number of carbonyl (C=O) groups excluding carboxylic acids is 3. The molecule has 0 radical (unpaired) electrons. The number of nitrogens with one attached hydrogen (secondary N) is 2. The average molecular weight is 450 g/mol. The van der Waals surface area contributed by atoms with E-state index in [2.05, 4.69) is 10.7 Å². The third-order valence-electron chi connectivity index (χ3n) is 4.49. The number of hydrogen-bond donors (Lipinski definition) is 2. The SMILES string of the molecule is CC(C)OC(=O)NN(C(=O)OC(C)C)c1ccc(NC(=O)c2ccccc2)c2ccccc12. The number of amides is 3. The fourth-order valence-electron chi connectivity index (χ4n) is 3.16. The zero-order chi connectivity index (χ0) is 24.0. The summed E-state index contributed by atoms with van der Waals surface area (Å²) in [7, 11) is 0. The molecule has 0 aliphatic heterocycles. The Morgan fingerprint density at radius 3 is 2.00 bits per heavy atom. The van der Waals surface area contributed by atoms with Gasteiger partial charge in [0.05, 0.1) is 17.9 Å². The summed E-state index contributed by atoms with van der Waals surface area (Å²) in [5.74, 6) is -0.261. The summed E-state index contributed by atoms with van der Waals surface area (Å²) >= 11 is 0. The predicted molar refractivity (Wildman–Crippen MR) is 127 cm³/mol. The summed E-state index contributed by atoms with van der Waals surface area (Å²) in [5, 5.41) is 5.22. The Morgan fingerprint density at radius 1 is 0.758 bits per heavy atom. The molecule has 0 saturated carbocycles. The van der Waals surface area contributed by atoms with Gasteiger partial charge in [-0.25, -0.2) is 15.0 Å². The van der Waals surface area contributed by atoms with Gasteiger partial charge in [0.25, 0.3) is 5.91 Å². The Morgan fingerprint density at radius 2 is 1.36 bits per heavy atom. The highest BCUT2D eigenvalue weighted by molar-refractivity contribution is 6.12. The van der Waals surface area contributed by atoms with Gasteiger partial charge in [0, 0.05) is 22.0 Å². The molecule has 0 bridgehead atoms. The van der Waals surface area contributed by atoms with E-state index in [1.165, 1.54) is 0 Å². The average Bonchev–Trinajstić information content (AvgIpc) is 2.77. The van der Waals surface area contributed by atoms with Crippen molar-refractivity contribution >= 4 is 40.2 Å². The van der Waals surface area contributed by atoms with Gasteiger partial charge < -0.3 is 14.8 Å². The van der Waals surface area contributed by atoms with Crippen LogP contribution in [0.4, 0.5) is 21.0 Å². The summed E-state index contributed by atoms with van der Waals surface area (Å²) in [6.45, 7) is 6.83. The molecule has 0 aliphatic rings. The molecule has 3 amide bonds. The summed E-state index contributed by atoms with van der Waals surface area (Å²) in [4.78, 5) is 37.8. The maximum atomic E-state index is 12.8. The first kappa shape index (κ1) is 23.6. The van der Waals surface area contributed by atoms with Crippen molar-refractivity contribution in [3.8, 4) is 0 Å². The molecule has 3 rings (SSSR count). The van der Waals surface area contributed by atoms with Gasteiger partial charge in [-0.1, -0.05) is 42.5 Å². The Hall–Kier alpha value is -4.07. The number of hydrogen-bond acceptors (Lipinski definition) is 5. The number of anilines is 2. The van der Waals surface area contributed by atoms with Crippen LogP contribution >= 0.6 is 0 Å². The number of benzene rings is 3. The van der Waals surface area contributed by atoms with Crippen molar-refractivity contribution in [1.82, 2.24) is 5.43 Å². The molecule has 172 valence electrons. The molecule has 0 saturated heterocycles. The number of carbonyl (C=O) groups is 3. The van der Waals surface area contributed by atoms with Gasteiger partial charge in [0.1, 0.15) is 0 Å². The molecule has 0 atom stereocenters. The van der Waals surface area contributed by atoms with Crippen LogP contribution in [-0.2, 0) is 9.47 Å². The van der Waals surface area contributed by atoms with Crippen molar-refractivity contribution in [2.45, 2.75) is 39.9 Å². The van der Waals surface area contributed by atoms with Gasteiger partial charge in [-0.15, -0.1) is 0 Å². The first-order valence-corrected chi connectivity index (χ1v) is 10.6.